The summed E-state index contributed by atoms with van der Waals surface area (Å²) in [5.41, 5.74) is 2.20. The van der Waals surface area contributed by atoms with Gasteiger partial charge in [-0.25, -0.2) is 0 Å². The van der Waals surface area contributed by atoms with Crippen molar-refractivity contribution >= 4 is 36.2 Å². The lowest BCUT2D eigenvalue weighted by Crippen LogP contribution is -2.57. The van der Waals surface area contributed by atoms with Gasteiger partial charge >= 0.3 is 0 Å². The summed E-state index contributed by atoms with van der Waals surface area (Å²) in [7, 11) is -3.56. The van der Waals surface area contributed by atoms with Crippen LogP contribution >= 0.6 is 7.47 Å². The molecular weight excluding hydrogens is 415 g/mol. The number of benzene rings is 4. The summed E-state index contributed by atoms with van der Waals surface area (Å²) in [5.74, 6) is 0.589. The number of hydrogen-bond donors (Lipinski definition) is 2. The number of hydrogen-bond acceptors (Lipinski definition) is 2. The van der Waals surface area contributed by atoms with Gasteiger partial charge in [0, 0.05) is 10.6 Å². The fourth-order valence-corrected chi connectivity index (χ4v) is 15.6. The van der Waals surface area contributed by atoms with E-state index in [2.05, 4.69) is 81.1 Å². The quantitative estimate of drug-likeness (QED) is 0.352. The molecule has 4 rings (SSSR count). The number of aryl methyl sites for hydroxylation is 2. The zero-order chi connectivity index (χ0) is 22.0. The fourth-order valence-electron chi connectivity index (χ4n) is 4.19. The SMILES string of the molecule is Cc1ccc(O)c(P(c2cc(C)ccc2O)[Si](C)(c2ccccc2)c2ccccc2)c1. The largest absolute Gasteiger partial charge is 0.507 e. The maximum atomic E-state index is 11.0. The van der Waals surface area contributed by atoms with Gasteiger partial charge in [0.15, 0.2) is 0 Å². The van der Waals surface area contributed by atoms with Gasteiger partial charge in [0.05, 0.1) is 0 Å². The monoisotopic (exact) mass is 442 g/mol. The van der Waals surface area contributed by atoms with Gasteiger partial charge in [0.1, 0.15) is 19.2 Å². The summed E-state index contributed by atoms with van der Waals surface area (Å²) < 4.78 is 0. The fraction of sp³-hybridized carbons (Fsp3) is 0.111. The molecule has 0 bridgehead atoms. The lowest BCUT2D eigenvalue weighted by Gasteiger charge is -2.38. The van der Waals surface area contributed by atoms with E-state index in [4.69, 9.17) is 0 Å². The molecule has 0 aliphatic rings. The molecule has 0 amide bonds. The van der Waals surface area contributed by atoms with Crippen LogP contribution in [0.2, 0.25) is 6.55 Å². The molecule has 0 spiro atoms. The Labute approximate surface area is 186 Å². The second-order valence-corrected chi connectivity index (χ2v) is 17.1. The van der Waals surface area contributed by atoms with Crippen LogP contribution in [-0.2, 0) is 0 Å². The van der Waals surface area contributed by atoms with Crippen LogP contribution in [0.1, 0.15) is 11.1 Å². The van der Waals surface area contributed by atoms with Crippen molar-refractivity contribution in [2.45, 2.75) is 20.4 Å². The summed E-state index contributed by atoms with van der Waals surface area (Å²) in [6, 6.07) is 32.9. The highest BCUT2D eigenvalue weighted by molar-refractivity contribution is 8.08. The maximum absolute atomic E-state index is 11.0. The van der Waals surface area contributed by atoms with Gasteiger partial charge in [-0.1, -0.05) is 90.5 Å². The lowest BCUT2D eigenvalue weighted by atomic mass is 10.2. The topological polar surface area (TPSA) is 40.5 Å². The van der Waals surface area contributed by atoms with Gasteiger partial charge < -0.3 is 10.2 Å². The molecule has 0 saturated carbocycles. The standard InChI is InChI=1S/C27H27O2PSi/c1-20-14-16-24(28)26(18-20)30(27-19-21(2)15-17-25(27)29)31(3,22-10-6-4-7-11-22)23-12-8-5-9-13-23/h4-19,28-29H,1-3H3. The Morgan fingerprint density at radius 1 is 0.581 bits per heavy atom. The van der Waals surface area contributed by atoms with Gasteiger partial charge in [-0.2, -0.15) is 0 Å². The average Bonchev–Trinajstić information content (AvgIpc) is 2.79. The Bertz CT molecular complexity index is 1100. The predicted octanol–water partition coefficient (Wildman–Crippen LogP) is 4.54. The first kappa shape index (κ1) is 21.4. The Balaban J connectivity index is 2.11. The van der Waals surface area contributed by atoms with E-state index in [1.165, 1.54) is 10.4 Å². The number of aromatic hydroxyl groups is 2. The molecule has 0 heterocycles. The molecule has 156 valence electrons. The third kappa shape index (κ3) is 4.04. The molecule has 0 unspecified atom stereocenters. The van der Waals surface area contributed by atoms with Crippen molar-refractivity contribution in [3.63, 3.8) is 0 Å². The molecule has 4 heteroatoms. The first-order valence-corrected chi connectivity index (χ1v) is 15.1. The van der Waals surface area contributed by atoms with Crippen LogP contribution in [0, 0.1) is 13.8 Å². The van der Waals surface area contributed by atoms with E-state index in [0.717, 1.165) is 21.7 Å². The Morgan fingerprint density at radius 3 is 1.35 bits per heavy atom. The van der Waals surface area contributed by atoms with Gasteiger partial charge in [-0.15, -0.1) is 0 Å². The first-order valence-electron chi connectivity index (χ1n) is 10.4. The van der Waals surface area contributed by atoms with Crippen molar-refractivity contribution in [2.75, 3.05) is 0 Å². The lowest BCUT2D eigenvalue weighted by molar-refractivity contribution is 0.479. The van der Waals surface area contributed by atoms with Crippen LogP contribution in [0.3, 0.4) is 0 Å². The third-order valence-electron chi connectivity index (χ3n) is 5.86. The van der Waals surface area contributed by atoms with Crippen LogP contribution in [0.4, 0.5) is 0 Å². The molecule has 0 atom stereocenters. The summed E-state index contributed by atoms with van der Waals surface area (Å²) in [6.07, 6.45) is 0. The molecule has 2 N–H and O–H groups in total. The number of phenols is 2. The highest BCUT2D eigenvalue weighted by Crippen LogP contribution is 2.48. The Morgan fingerprint density at radius 2 is 0.968 bits per heavy atom. The predicted molar refractivity (Wildman–Crippen MR) is 136 cm³/mol. The van der Waals surface area contributed by atoms with Gasteiger partial charge in [0.25, 0.3) is 0 Å². The van der Waals surface area contributed by atoms with Crippen molar-refractivity contribution in [1.82, 2.24) is 0 Å². The van der Waals surface area contributed by atoms with Crippen LogP contribution in [0.5, 0.6) is 11.5 Å². The van der Waals surface area contributed by atoms with E-state index in [9.17, 15) is 10.2 Å². The van der Waals surface area contributed by atoms with Gasteiger partial charge in [-0.3, -0.25) is 0 Å². The van der Waals surface area contributed by atoms with E-state index >= 15 is 0 Å². The van der Waals surface area contributed by atoms with Gasteiger partial charge in [-0.05, 0) is 56.0 Å². The van der Waals surface area contributed by atoms with Crippen molar-refractivity contribution in [1.29, 1.82) is 0 Å². The van der Waals surface area contributed by atoms with Crippen molar-refractivity contribution < 1.29 is 10.2 Å². The van der Waals surface area contributed by atoms with Crippen molar-refractivity contribution in [2.24, 2.45) is 0 Å². The van der Waals surface area contributed by atoms with E-state index in [-0.39, 0.29) is 0 Å². The molecule has 0 radical (unpaired) electrons. The van der Waals surface area contributed by atoms with E-state index in [1.807, 2.05) is 24.3 Å². The zero-order valence-electron chi connectivity index (χ0n) is 18.1. The molecule has 0 aliphatic heterocycles. The summed E-state index contributed by atoms with van der Waals surface area (Å²) in [4.78, 5) is 0. The highest BCUT2D eigenvalue weighted by atomic mass is 31.4. The van der Waals surface area contributed by atoms with Crippen molar-refractivity contribution in [3.8, 4) is 11.5 Å². The minimum atomic E-state index is -2.48. The molecule has 31 heavy (non-hydrogen) atoms. The third-order valence-corrected chi connectivity index (χ3v) is 17.0. The van der Waals surface area contributed by atoms with E-state index in [1.54, 1.807) is 12.1 Å². The normalized spacial score (nSPS) is 11.6. The van der Waals surface area contributed by atoms with E-state index in [0.29, 0.717) is 11.5 Å². The first-order chi connectivity index (χ1) is 14.9. The molecule has 0 aromatic heterocycles. The summed E-state index contributed by atoms with van der Waals surface area (Å²) in [6.45, 7) is 6.47. The second kappa shape index (κ2) is 8.70. The van der Waals surface area contributed by atoms with Crippen LogP contribution < -0.4 is 21.0 Å². The van der Waals surface area contributed by atoms with Crippen LogP contribution in [0.25, 0.3) is 0 Å². The minimum absolute atomic E-state index is 0.295. The molecule has 2 nitrogen and oxygen atoms in total. The van der Waals surface area contributed by atoms with Crippen LogP contribution in [0.15, 0.2) is 97.1 Å². The van der Waals surface area contributed by atoms with Gasteiger partial charge in [0.2, 0.25) is 0 Å². The highest BCUT2D eigenvalue weighted by Gasteiger charge is 2.44. The molecular formula is C27H27O2PSi. The average molecular weight is 443 g/mol. The molecule has 4 aromatic rings. The molecule has 0 saturated heterocycles. The maximum Gasteiger partial charge on any atom is 0.150 e. The second-order valence-electron chi connectivity index (χ2n) is 8.12. The summed E-state index contributed by atoms with van der Waals surface area (Å²) in [5, 5.41) is 26.5. The van der Waals surface area contributed by atoms with Crippen LogP contribution in [-0.4, -0.2) is 18.0 Å². The van der Waals surface area contributed by atoms with Crippen molar-refractivity contribution in [3.05, 3.63) is 108 Å². The number of rotatable bonds is 5. The Hall–Kier alpha value is -2.87. The summed E-state index contributed by atoms with van der Waals surface area (Å²) >= 11 is 0. The Kier molecular flexibility index (Phi) is 6.00. The smallest absolute Gasteiger partial charge is 0.150 e. The molecule has 0 fully saturated rings. The molecule has 4 aromatic carbocycles. The molecule has 0 aliphatic carbocycles. The van der Waals surface area contributed by atoms with E-state index < -0.39 is 15.2 Å². The number of phenolic OH excluding ortho intramolecular Hbond substituents is 2. The minimum Gasteiger partial charge on any atom is -0.507 e. The zero-order valence-corrected chi connectivity index (χ0v) is 20.0.